The van der Waals surface area contributed by atoms with E-state index in [1.54, 1.807) is 0 Å². The zero-order valence-corrected chi connectivity index (χ0v) is 11.0. The molecule has 0 unspecified atom stereocenters. The standard InChI is InChI=1S/C16H24O/c1-2-3-4-9-15(17)14-8-7-12-16(13-14)10-5-6-11-16/h2-3,13H,4-12H2,1H3/b3-2+. The van der Waals surface area contributed by atoms with E-state index in [1.165, 1.54) is 38.5 Å². The molecule has 0 bridgehead atoms. The van der Waals surface area contributed by atoms with Gasteiger partial charge in [0.05, 0.1) is 0 Å². The van der Waals surface area contributed by atoms with Crippen molar-refractivity contribution in [3.8, 4) is 0 Å². The van der Waals surface area contributed by atoms with Crippen molar-refractivity contribution in [2.45, 2.75) is 64.7 Å². The second kappa shape index (κ2) is 5.66. The largest absolute Gasteiger partial charge is 0.295 e. The molecular weight excluding hydrogens is 208 g/mol. The van der Waals surface area contributed by atoms with Gasteiger partial charge in [0.2, 0.25) is 0 Å². The Morgan fingerprint density at radius 2 is 2.00 bits per heavy atom. The van der Waals surface area contributed by atoms with Crippen LogP contribution in [0.25, 0.3) is 0 Å². The lowest BCUT2D eigenvalue weighted by Gasteiger charge is -2.30. The number of Topliss-reactive ketones (excluding diaryl/α,β-unsaturated/α-hetero) is 1. The van der Waals surface area contributed by atoms with Gasteiger partial charge in [-0.1, -0.05) is 31.1 Å². The normalized spacial score (nSPS) is 23.2. The number of allylic oxidation sites excluding steroid dienone is 4. The van der Waals surface area contributed by atoms with Crippen LogP contribution in [0.15, 0.2) is 23.8 Å². The van der Waals surface area contributed by atoms with E-state index in [-0.39, 0.29) is 0 Å². The minimum atomic E-state index is 0.397. The molecule has 2 rings (SSSR count). The molecule has 1 saturated carbocycles. The van der Waals surface area contributed by atoms with E-state index in [0.717, 1.165) is 18.4 Å². The number of rotatable bonds is 4. The maximum absolute atomic E-state index is 12.1. The van der Waals surface area contributed by atoms with Crippen LogP contribution in [0.2, 0.25) is 0 Å². The van der Waals surface area contributed by atoms with Crippen LogP contribution < -0.4 is 0 Å². The molecule has 2 aliphatic carbocycles. The van der Waals surface area contributed by atoms with Gasteiger partial charge in [-0.05, 0) is 56.4 Å². The van der Waals surface area contributed by atoms with E-state index < -0.39 is 0 Å². The summed E-state index contributed by atoms with van der Waals surface area (Å²) in [5.74, 6) is 0.397. The Morgan fingerprint density at radius 1 is 1.29 bits per heavy atom. The maximum atomic E-state index is 12.1. The van der Waals surface area contributed by atoms with Gasteiger partial charge in [-0.25, -0.2) is 0 Å². The van der Waals surface area contributed by atoms with Crippen molar-refractivity contribution in [1.82, 2.24) is 0 Å². The van der Waals surface area contributed by atoms with Crippen molar-refractivity contribution >= 4 is 5.78 Å². The first kappa shape index (κ1) is 12.6. The Labute approximate surface area is 105 Å². The van der Waals surface area contributed by atoms with Crippen LogP contribution in [0.4, 0.5) is 0 Å². The number of carbonyl (C=O) groups excluding carboxylic acids is 1. The van der Waals surface area contributed by atoms with E-state index in [2.05, 4.69) is 12.2 Å². The summed E-state index contributed by atoms with van der Waals surface area (Å²) >= 11 is 0. The second-order valence-electron chi connectivity index (χ2n) is 5.62. The van der Waals surface area contributed by atoms with Crippen molar-refractivity contribution in [3.05, 3.63) is 23.8 Å². The highest BCUT2D eigenvalue weighted by molar-refractivity contribution is 5.95. The number of carbonyl (C=O) groups is 1. The lowest BCUT2D eigenvalue weighted by Crippen LogP contribution is -2.20. The SMILES string of the molecule is C/C=C/CCC(=O)C1=CC2(CCCC2)CCC1. The zero-order chi connectivity index (χ0) is 12.1. The van der Waals surface area contributed by atoms with Gasteiger partial charge in [0.15, 0.2) is 5.78 Å². The average Bonchev–Trinajstić information content (AvgIpc) is 2.77. The molecular formula is C16H24O. The molecule has 0 aromatic rings. The fourth-order valence-electron chi connectivity index (χ4n) is 3.38. The van der Waals surface area contributed by atoms with Gasteiger partial charge in [0.25, 0.3) is 0 Å². The highest BCUT2D eigenvalue weighted by atomic mass is 16.1. The first-order chi connectivity index (χ1) is 8.26. The number of hydrogen-bond donors (Lipinski definition) is 0. The highest BCUT2D eigenvalue weighted by Crippen LogP contribution is 2.47. The van der Waals surface area contributed by atoms with E-state index in [4.69, 9.17) is 0 Å². The quantitative estimate of drug-likeness (QED) is 0.648. The Bertz CT molecular complexity index is 329. The molecule has 1 spiro atoms. The topological polar surface area (TPSA) is 17.1 Å². The molecule has 0 aromatic heterocycles. The minimum absolute atomic E-state index is 0.397. The van der Waals surface area contributed by atoms with Gasteiger partial charge < -0.3 is 0 Å². The molecule has 0 aliphatic heterocycles. The summed E-state index contributed by atoms with van der Waals surface area (Å²) in [7, 11) is 0. The van der Waals surface area contributed by atoms with Gasteiger partial charge in [0, 0.05) is 6.42 Å². The molecule has 0 saturated heterocycles. The molecule has 2 aliphatic rings. The van der Waals surface area contributed by atoms with Gasteiger partial charge in [-0.15, -0.1) is 0 Å². The Hall–Kier alpha value is -0.850. The molecule has 94 valence electrons. The molecule has 0 heterocycles. The van der Waals surface area contributed by atoms with Crippen LogP contribution in [-0.4, -0.2) is 5.78 Å². The van der Waals surface area contributed by atoms with Crippen LogP contribution >= 0.6 is 0 Å². The van der Waals surface area contributed by atoms with Gasteiger partial charge >= 0.3 is 0 Å². The zero-order valence-electron chi connectivity index (χ0n) is 11.0. The molecule has 0 amide bonds. The molecule has 0 N–H and O–H groups in total. The molecule has 17 heavy (non-hydrogen) atoms. The van der Waals surface area contributed by atoms with Crippen molar-refractivity contribution in [2.24, 2.45) is 5.41 Å². The third-order valence-electron chi connectivity index (χ3n) is 4.33. The lowest BCUT2D eigenvalue weighted by atomic mass is 9.74. The first-order valence-corrected chi connectivity index (χ1v) is 7.12. The molecule has 1 nitrogen and oxygen atoms in total. The summed E-state index contributed by atoms with van der Waals surface area (Å²) in [6.07, 6.45) is 17.0. The van der Waals surface area contributed by atoms with E-state index in [9.17, 15) is 4.79 Å². The number of ketones is 1. The molecule has 0 atom stereocenters. The first-order valence-electron chi connectivity index (χ1n) is 7.12. The summed E-state index contributed by atoms with van der Waals surface area (Å²) in [5.41, 5.74) is 1.56. The van der Waals surface area contributed by atoms with Crippen LogP contribution in [-0.2, 0) is 4.79 Å². The van der Waals surface area contributed by atoms with E-state index in [0.29, 0.717) is 17.6 Å². The third-order valence-corrected chi connectivity index (χ3v) is 4.33. The van der Waals surface area contributed by atoms with Crippen molar-refractivity contribution in [1.29, 1.82) is 0 Å². The predicted molar refractivity (Wildman–Crippen MR) is 71.9 cm³/mol. The molecule has 0 radical (unpaired) electrons. The summed E-state index contributed by atoms with van der Waals surface area (Å²) in [6, 6.07) is 0. The van der Waals surface area contributed by atoms with Crippen molar-refractivity contribution in [2.75, 3.05) is 0 Å². The monoisotopic (exact) mass is 232 g/mol. The summed E-state index contributed by atoms with van der Waals surface area (Å²) in [5, 5.41) is 0. The third kappa shape index (κ3) is 3.08. The average molecular weight is 232 g/mol. The van der Waals surface area contributed by atoms with Crippen LogP contribution in [0.1, 0.15) is 64.7 Å². The van der Waals surface area contributed by atoms with E-state index in [1.807, 2.05) is 13.0 Å². The fraction of sp³-hybridized carbons (Fsp3) is 0.688. The number of hydrogen-bond acceptors (Lipinski definition) is 1. The van der Waals surface area contributed by atoms with E-state index >= 15 is 0 Å². The summed E-state index contributed by atoms with van der Waals surface area (Å²) in [4.78, 5) is 12.1. The maximum Gasteiger partial charge on any atom is 0.158 e. The second-order valence-corrected chi connectivity index (χ2v) is 5.62. The van der Waals surface area contributed by atoms with Crippen LogP contribution in [0.3, 0.4) is 0 Å². The van der Waals surface area contributed by atoms with Gasteiger partial charge in [-0.3, -0.25) is 4.79 Å². The summed E-state index contributed by atoms with van der Waals surface area (Å²) < 4.78 is 0. The van der Waals surface area contributed by atoms with Crippen LogP contribution in [0.5, 0.6) is 0 Å². The molecule has 0 aromatic carbocycles. The summed E-state index contributed by atoms with van der Waals surface area (Å²) in [6.45, 7) is 2.01. The fourth-order valence-corrected chi connectivity index (χ4v) is 3.38. The predicted octanol–water partition coefficient (Wildman–Crippen LogP) is 4.58. The van der Waals surface area contributed by atoms with Crippen LogP contribution in [0, 0.1) is 5.41 Å². The Kier molecular flexibility index (Phi) is 4.20. The minimum Gasteiger partial charge on any atom is -0.295 e. The lowest BCUT2D eigenvalue weighted by molar-refractivity contribution is -0.115. The van der Waals surface area contributed by atoms with Crippen molar-refractivity contribution < 1.29 is 4.79 Å². The Balaban J connectivity index is 1.99. The molecule has 1 fully saturated rings. The molecule has 1 heteroatoms. The van der Waals surface area contributed by atoms with Gasteiger partial charge in [-0.2, -0.15) is 0 Å². The van der Waals surface area contributed by atoms with Gasteiger partial charge in [0.1, 0.15) is 0 Å². The highest BCUT2D eigenvalue weighted by Gasteiger charge is 2.34. The van der Waals surface area contributed by atoms with Crippen molar-refractivity contribution in [3.63, 3.8) is 0 Å². The smallest absolute Gasteiger partial charge is 0.158 e. The Morgan fingerprint density at radius 3 is 2.71 bits per heavy atom.